The van der Waals surface area contributed by atoms with E-state index in [0.29, 0.717) is 51.8 Å². The van der Waals surface area contributed by atoms with Crippen LogP contribution in [-0.4, -0.2) is 11.1 Å². The summed E-state index contributed by atoms with van der Waals surface area (Å²) >= 11 is 21.2. The number of amides is 1. The van der Waals surface area contributed by atoms with Crippen molar-refractivity contribution < 1.29 is 13.9 Å². The Labute approximate surface area is 268 Å². The molecule has 4 aromatic carbocycles. The highest BCUT2D eigenvalue weighted by Gasteiger charge is 2.35. The number of ether oxygens (including phenoxy) is 1. The maximum Gasteiger partial charge on any atom is 0.271 e. The van der Waals surface area contributed by atoms with Gasteiger partial charge in [-0.05, 0) is 134 Å². The molecule has 1 aliphatic heterocycles. The number of hydrogen-bond acceptors (Lipinski definition) is 4. The maximum atomic E-state index is 13.8. The minimum Gasteiger partial charge on any atom is -0.487 e. The summed E-state index contributed by atoms with van der Waals surface area (Å²) in [4.78, 5) is 20.6. The summed E-state index contributed by atoms with van der Waals surface area (Å²) in [5, 5.41) is 1.63. The van der Waals surface area contributed by atoms with E-state index in [1.165, 1.54) is 23.9 Å². The molecule has 1 fully saturated rings. The number of carbonyl (C=O) groups is 1. The molecule has 0 atom stereocenters. The molecular formula is C31H21Br2Cl2FN2O2S. The Morgan fingerprint density at radius 1 is 0.951 bits per heavy atom. The van der Waals surface area contributed by atoms with Crippen LogP contribution in [0.2, 0.25) is 10.0 Å². The molecule has 0 spiro atoms. The number of amidine groups is 1. The van der Waals surface area contributed by atoms with E-state index in [0.717, 1.165) is 16.7 Å². The van der Waals surface area contributed by atoms with Crippen LogP contribution in [-0.2, 0) is 11.4 Å². The van der Waals surface area contributed by atoms with E-state index in [1.807, 2.05) is 50.2 Å². The number of halogens is 5. The van der Waals surface area contributed by atoms with Gasteiger partial charge in [0.05, 0.1) is 25.2 Å². The van der Waals surface area contributed by atoms with E-state index in [4.69, 9.17) is 32.9 Å². The number of hydrogen-bond donors (Lipinski definition) is 0. The van der Waals surface area contributed by atoms with Crippen molar-refractivity contribution in [3.05, 3.63) is 125 Å². The molecule has 0 aromatic heterocycles. The minimum absolute atomic E-state index is 0.195. The van der Waals surface area contributed by atoms with E-state index >= 15 is 0 Å². The highest BCUT2D eigenvalue weighted by Crippen LogP contribution is 2.41. The zero-order valence-electron chi connectivity index (χ0n) is 21.7. The zero-order valence-corrected chi connectivity index (χ0v) is 27.2. The minimum atomic E-state index is -0.319. The van der Waals surface area contributed by atoms with Crippen molar-refractivity contribution in [1.29, 1.82) is 0 Å². The number of aryl methyl sites for hydroxylation is 2. The van der Waals surface area contributed by atoms with Gasteiger partial charge >= 0.3 is 0 Å². The third-order valence-electron chi connectivity index (χ3n) is 6.19. The van der Waals surface area contributed by atoms with Crippen molar-refractivity contribution in [2.45, 2.75) is 20.5 Å². The summed E-state index contributed by atoms with van der Waals surface area (Å²) < 4.78 is 20.9. The smallest absolute Gasteiger partial charge is 0.271 e. The molecule has 1 amide bonds. The van der Waals surface area contributed by atoms with Crippen LogP contribution in [0.3, 0.4) is 0 Å². The van der Waals surface area contributed by atoms with Gasteiger partial charge in [0.1, 0.15) is 18.2 Å². The maximum absolute atomic E-state index is 13.8. The lowest BCUT2D eigenvalue weighted by molar-refractivity contribution is -0.113. The van der Waals surface area contributed by atoms with E-state index < -0.39 is 0 Å². The normalized spacial score (nSPS) is 15.3. The quantitative estimate of drug-likeness (QED) is 0.185. The molecule has 0 N–H and O–H groups in total. The fourth-order valence-electron chi connectivity index (χ4n) is 3.99. The monoisotopic (exact) mass is 732 g/mol. The average molecular weight is 735 g/mol. The molecule has 10 heteroatoms. The summed E-state index contributed by atoms with van der Waals surface area (Å²) in [7, 11) is 0. The van der Waals surface area contributed by atoms with Crippen LogP contribution in [0, 0.1) is 19.7 Å². The Bertz CT molecular complexity index is 1720. The van der Waals surface area contributed by atoms with Gasteiger partial charge in [-0.1, -0.05) is 47.5 Å². The third kappa shape index (κ3) is 6.89. The second-order valence-electron chi connectivity index (χ2n) is 9.24. The zero-order chi connectivity index (χ0) is 29.3. The molecule has 0 unspecified atom stereocenters. The second kappa shape index (κ2) is 12.7. The lowest BCUT2D eigenvalue weighted by Crippen LogP contribution is -2.28. The molecule has 1 saturated heterocycles. The predicted molar refractivity (Wildman–Crippen MR) is 175 cm³/mol. The molecule has 0 bridgehead atoms. The van der Waals surface area contributed by atoms with Crippen LogP contribution in [0.25, 0.3) is 6.08 Å². The summed E-state index contributed by atoms with van der Waals surface area (Å²) in [5.74, 6) is 0.0158. The highest BCUT2D eigenvalue weighted by molar-refractivity contribution is 9.11. The van der Waals surface area contributed by atoms with Crippen LogP contribution in [0.5, 0.6) is 5.75 Å². The van der Waals surface area contributed by atoms with E-state index in [1.54, 1.807) is 35.2 Å². The molecule has 4 aromatic rings. The first kappa shape index (κ1) is 29.9. The van der Waals surface area contributed by atoms with Crippen LogP contribution in [0.4, 0.5) is 15.8 Å². The summed E-state index contributed by atoms with van der Waals surface area (Å²) in [6.45, 7) is 4.02. The Hall–Kier alpha value is -2.62. The van der Waals surface area contributed by atoms with Gasteiger partial charge < -0.3 is 4.74 Å². The van der Waals surface area contributed by atoms with Crippen LogP contribution < -0.4 is 9.64 Å². The van der Waals surface area contributed by atoms with E-state index in [2.05, 4.69) is 31.9 Å². The standard InChI is InChI=1S/C31H21Br2Cl2FN2O2S/c1-17-6-8-22(14-26(17)34)37-31-38(23-9-7-18(2)27(35)15-23)30(39)28(41-31)13-20-11-24(32)29(25(33)12-20)40-16-19-4-3-5-21(36)10-19/h3-15H,16H2,1-2H3/b28-13+,37-31?. The van der Waals surface area contributed by atoms with Gasteiger partial charge in [-0.15, -0.1) is 0 Å². The van der Waals surface area contributed by atoms with Gasteiger partial charge in [0.2, 0.25) is 0 Å². The Morgan fingerprint density at radius 2 is 1.63 bits per heavy atom. The molecule has 1 aliphatic rings. The van der Waals surface area contributed by atoms with Gasteiger partial charge in [-0.2, -0.15) is 0 Å². The fraction of sp³-hybridized carbons (Fsp3) is 0.0968. The summed E-state index contributed by atoms with van der Waals surface area (Å²) in [5.41, 5.74) is 4.56. The van der Waals surface area contributed by atoms with E-state index in [-0.39, 0.29) is 18.3 Å². The molecule has 5 rings (SSSR count). The number of nitrogens with zero attached hydrogens (tertiary/aromatic N) is 2. The van der Waals surface area contributed by atoms with Crippen molar-refractivity contribution in [2.75, 3.05) is 4.90 Å². The van der Waals surface area contributed by atoms with Crippen LogP contribution in [0.15, 0.2) is 91.6 Å². The van der Waals surface area contributed by atoms with Gasteiger partial charge in [0.15, 0.2) is 5.17 Å². The molecule has 208 valence electrons. The van der Waals surface area contributed by atoms with Gasteiger partial charge in [-0.25, -0.2) is 9.38 Å². The van der Waals surface area contributed by atoms with Gasteiger partial charge in [0.25, 0.3) is 5.91 Å². The van der Waals surface area contributed by atoms with Crippen molar-refractivity contribution in [1.82, 2.24) is 0 Å². The Morgan fingerprint density at radius 3 is 2.29 bits per heavy atom. The Balaban J connectivity index is 1.48. The Kier molecular flexibility index (Phi) is 9.26. The SMILES string of the molecule is Cc1ccc(N=C2S/C(=C/c3cc(Br)c(OCc4cccc(F)c4)c(Br)c3)C(=O)N2c2ccc(C)c(Cl)c2)cc1Cl. The summed E-state index contributed by atoms with van der Waals surface area (Å²) in [6, 6.07) is 21.0. The molecular weight excluding hydrogens is 714 g/mol. The molecule has 4 nitrogen and oxygen atoms in total. The lowest BCUT2D eigenvalue weighted by Gasteiger charge is -2.16. The first-order valence-corrected chi connectivity index (χ1v) is 15.5. The van der Waals surface area contributed by atoms with Crippen LogP contribution in [0.1, 0.15) is 22.3 Å². The molecule has 0 saturated carbocycles. The van der Waals surface area contributed by atoms with Crippen LogP contribution >= 0.6 is 66.8 Å². The predicted octanol–water partition coefficient (Wildman–Crippen LogP) is 10.7. The number of aliphatic imine (C=N–C) groups is 1. The molecule has 0 aliphatic carbocycles. The van der Waals surface area contributed by atoms with E-state index in [9.17, 15) is 9.18 Å². The third-order valence-corrected chi connectivity index (χ3v) is 9.15. The van der Waals surface area contributed by atoms with Crippen molar-refractivity contribution in [3.63, 3.8) is 0 Å². The van der Waals surface area contributed by atoms with Crippen molar-refractivity contribution in [2.24, 2.45) is 4.99 Å². The topological polar surface area (TPSA) is 41.9 Å². The molecule has 1 heterocycles. The fourth-order valence-corrected chi connectivity index (χ4v) is 6.79. The highest BCUT2D eigenvalue weighted by atomic mass is 79.9. The lowest BCUT2D eigenvalue weighted by atomic mass is 10.2. The first-order valence-electron chi connectivity index (χ1n) is 12.3. The van der Waals surface area contributed by atoms with Crippen molar-refractivity contribution >= 4 is 95.3 Å². The number of carbonyl (C=O) groups excluding carboxylic acids is 1. The average Bonchev–Trinajstić information content (AvgIpc) is 3.21. The number of rotatable bonds is 6. The first-order chi connectivity index (χ1) is 19.6. The number of anilines is 1. The molecule has 41 heavy (non-hydrogen) atoms. The van der Waals surface area contributed by atoms with Crippen molar-refractivity contribution in [3.8, 4) is 5.75 Å². The molecule has 0 radical (unpaired) electrons. The second-order valence-corrected chi connectivity index (χ2v) is 12.8. The number of benzene rings is 4. The number of thioether (sulfide) groups is 1. The van der Waals surface area contributed by atoms with Gasteiger partial charge in [0, 0.05) is 10.0 Å². The van der Waals surface area contributed by atoms with Gasteiger partial charge in [-0.3, -0.25) is 9.69 Å². The summed E-state index contributed by atoms with van der Waals surface area (Å²) in [6.07, 6.45) is 1.80. The largest absolute Gasteiger partial charge is 0.487 e.